The predicted octanol–water partition coefficient (Wildman–Crippen LogP) is 4.43. The van der Waals surface area contributed by atoms with Gasteiger partial charge >= 0.3 is 0 Å². The number of rotatable bonds is 4. The Bertz CT molecular complexity index is 595. The van der Waals surface area contributed by atoms with Gasteiger partial charge in [0.25, 0.3) is 0 Å². The van der Waals surface area contributed by atoms with E-state index in [0.29, 0.717) is 27.8 Å². The summed E-state index contributed by atoms with van der Waals surface area (Å²) in [6, 6.07) is 12.7. The Balaban J connectivity index is 2.27. The van der Waals surface area contributed by atoms with Gasteiger partial charge in [-0.2, -0.15) is 0 Å². The standard InChI is InChI=1S/C15H12Cl2O2/c1-19-14-9-11(8-12(16)15(14)17)13(18)7-10-5-3-2-4-6-10/h2-6,8-9H,7H2,1H3. The molecule has 0 heterocycles. The molecule has 2 aromatic carbocycles. The second kappa shape index (κ2) is 6.09. The maximum Gasteiger partial charge on any atom is 0.167 e. The molecule has 4 heteroatoms. The van der Waals surface area contributed by atoms with Gasteiger partial charge in [0.2, 0.25) is 0 Å². The fourth-order valence-electron chi connectivity index (χ4n) is 1.76. The van der Waals surface area contributed by atoms with Crippen molar-refractivity contribution in [2.45, 2.75) is 6.42 Å². The van der Waals surface area contributed by atoms with Gasteiger partial charge in [0, 0.05) is 12.0 Å². The van der Waals surface area contributed by atoms with Crippen molar-refractivity contribution in [1.29, 1.82) is 0 Å². The Kier molecular flexibility index (Phi) is 4.46. The minimum absolute atomic E-state index is 0.0249. The first kappa shape index (κ1) is 13.9. The molecule has 0 aromatic heterocycles. The SMILES string of the molecule is COc1cc(C(=O)Cc2ccccc2)cc(Cl)c1Cl. The topological polar surface area (TPSA) is 26.3 Å². The molecule has 0 fully saturated rings. The van der Waals surface area contributed by atoms with Crippen LogP contribution in [0.25, 0.3) is 0 Å². The third-order valence-electron chi connectivity index (χ3n) is 2.74. The van der Waals surface area contributed by atoms with Gasteiger partial charge in [-0.05, 0) is 17.7 Å². The minimum Gasteiger partial charge on any atom is -0.495 e. The molecule has 0 radical (unpaired) electrons. The van der Waals surface area contributed by atoms with E-state index in [1.807, 2.05) is 30.3 Å². The molecule has 0 saturated carbocycles. The van der Waals surface area contributed by atoms with Crippen molar-refractivity contribution in [3.63, 3.8) is 0 Å². The highest BCUT2D eigenvalue weighted by Gasteiger charge is 2.13. The first-order valence-corrected chi connectivity index (χ1v) is 6.47. The van der Waals surface area contributed by atoms with Crippen molar-refractivity contribution in [2.75, 3.05) is 7.11 Å². The number of halogens is 2. The summed E-state index contributed by atoms with van der Waals surface area (Å²) in [6.07, 6.45) is 0.321. The molecule has 0 amide bonds. The molecule has 0 aliphatic carbocycles. The van der Waals surface area contributed by atoms with Crippen molar-refractivity contribution in [2.24, 2.45) is 0 Å². The lowest BCUT2D eigenvalue weighted by Gasteiger charge is -2.08. The summed E-state index contributed by atoms with van der Waals surface area (Å²) in [4.78, 5) is 12.2. The van der Waals surface area contributed by atoms with E-state index < -0.39 is 0 Å². The van der Waals surface area contributed by atoms with Gasteiger partial charge in [-0.25, -0.2) is 0 Å². The average molecular weight is 295 g/mol. The number of carbonyl (C=O) groups excluding carboxylic acids is 1. The number of hydrogen-bond donors (Lipinski definition) is 0. The lowest BCUT2D eigenvalue weighted by atomic mass is 10.0. The highest BCUT2D eigenvalue weighted by atomic mass is 35.5. The molecule has 0 unspecified atom stereocenters. The van der Waals surface area contributed by atoms with Gasteiger partial charge in [-0.1, -0.05) is 53.5 Å². The Morgan fingerprint density at radius 3 is 2.47 bits per heavy atom. The van der Waals surface area contributed by atoms with Crippen molar-refractivity contribution < 1.29 is 9.53 Å². The maximum absolute atomic E-state index is 12.2. The largest absolute Gasteiger partial charge is 0.495 e. The third kappa shape index (κ3) is 3.28. The van der Waals surface area contributed by atoms with Gasteiger partial charge in [0.05, 0.1) is 12.1 Å². The first-order chi connectivity index (χ1) is 9.11. The van der Waals surface area contributed by atoms with Crippen LogP contribution in [0.2, 0.25) is 10.0 Å². The van der Waals surface area contributed by atoms with E-state index in [2.05, 4.69) is 0 Å². The lowest BCUT2D eigenvalue weighted by molar-refractivity contribution is 0.0992. The second-order valence-electron chi connectivity index (χ2n) is 4.06. The molecule has 19 heavy (non-hydrogen) atoms. The number of benzene rings is 2. The fraction of sp³-hybridized carbons (Fsp3) is 0.133. The number of ketones is 1. The molecule has 0 saturated heterocycles. The number of Topliss-reactive ketones (excluding diaryl/α,β-unsaturated/α-hetero) is 1. The molecular weight excluding hydrogens is 283 g/mol. The summed E-state index contributed by atoms with van der Waals surface area (Å²) in [6.45, 7) is 0. The van der Waals surface area contributed by atoms with Crippen molar-refractivity contribution >= 4 is 29.0 Å². The molecule has 98 valence electrons. The molecule has 2 nitrogen and oxygen atoms in total. The quantitative estimate of drug-likeness (QED) is 0.780. The van der Waals surface area contributed by atoms with Gasteiger partial charge in [-0.3, -0.25) is 4.79 Å². The zero-order valence-electron chi connectivity index (χ0n) is 10.3. The van der Waals surface area contributed by atoms with Crippen LogP contribution in [0.5, 0.6) is 5.75 Å². The summed E-state index contributed by atoms with van der Waals surface area (Å²) in [5, 5.41) is 0.637. The average Bonchev–Trinajstić information content (AvgIpc) is 2.42. The molecule has 2 aromatic rings. The number of hydrogen-bond acceptors (Lipinski definition) is 2. The Morgan fingerprint density at radius 1 is 1.16 bits per heavy atom. The molecule has 0 bridgehead atoms. The van der Waals surface area contributed by atoms with Gasteiger partial charge in [0.15, 0.2) is 5.78 Å². The molecule has 0 spiro atoms. The third-order valence-corrected chi connectivity index (χ3v) is 3.53. The van der Waals surface area contributed by atoms with E-state index >= 15 is 0 Å². The molecule has 0 N–H and O–H groups in total. The molecule has 0 aliphatic rings. The summed E-state index contributed by atoms with van der Waals surface area (Å²) in [5.41, 5.74) is 1.45. The van der Waals surface area contributed by atoms with Crippen molar-refractivity contribution in [1.82, 2.24) is 0 Å². The number of ether oxygens (including phenoxy) is 1. The number of carbonyl (C=O) groups is 1. The van der Waals surface area contributed by atoms with Crippen LogP contribution in [0, 0.1) is 0 Å². The van der Waals surface area contributed by atoms with Crippen LogP contribution in [0.3, 0.4) is 0 Å². The van der Waals surface area contributed by atoms with Crippen LogP contribution in [-0.2, 0) is 6.42 Å². The molecule has 0 aliphatic heterocycles. The molecule has 0 atom stereocenters. The van der Waals surface area contributed by atoms with Crippen LogP contribution in [-0.4, -0.2) is 12.9 Å². The van der Waals surface area contributed by atoms with E-state index in [4.69, 9.17) is 27.9 Å². The zero-order valence-corrected chi connectivity index (χ0v) is 11.8. The normalized spacial score (nSPS) is 10.3. The predicted molar refractivity (Wildman–Crippen MR) is 77.5 cm³/mol. The summed E-state index contributed by atoms with van der Waals surface area (Å²) in [5.74, 6) is 0.383. The molecular formula is C15H12Cl2O2. The minimum atomic E-state index is -0.0249. The van der Waals surface area contributed by atoms with Gasteiger partial charge < -0.3 is 4.74 Å². The smallest absolute Gasteiger partial charge is 0.167 e. The van der Waals surface area contributed by atoms with Crippen molar-refractivity contribution in [3.8, 4) is 5.75 Å². The van der Waals surface area contributed by atoms with Crippen LogP contribution >= 0.6 is 23.2 Å². The highest BCUT2D eigenvalue weighted by molar-refractivity contribution is 6.43. The summed E-state index contributed by atoms with van der Waals surface area (Å²) in [7, 11) is 1.49. The van der Waals surface area contributed by atoms with Crippen LogP contribution < -0.4 is 4.74 Å². The monoisotopic (exact) mass is 294 g/mol. The van der Waals surface area contributed by atoms with E-state index in [0.717, 1.165) is 5.56 Å². The number of methoxy groups -OCH3 is 1. The van der Waals surface area contributed by atoms with Crippen LogP contribution in [0.4, 0.5) is 0 Å². The van der Waals surface area contributed by atoms with E-state index in [9.17, 15) is 4.79 Å². The molecule has 2 rings (SSSR count). The maximum atomic E-state index is 12.2. The lowest BCUT2D eigenvalue weighted by Crippen LogP contribution is -2.04. The van der Waals surface area contributed by atoms with Crippen molar-refractivity contribution in [3.05, 3.63) is 63.6 Å². The Hall–Kier alpha value is -1.51. The van der Waals surface area contributed by atoms with Gasteiger partial charge in [-0.15, -0.1) is 0 Å². The van der Waals surface area contributed by atoms with Gasteiger partial charge in [0.1, 0.15) is 10.8 Å². The first-order valence-electron chi connectivity index (χ1n) is 5.72. The van der Waals surface area contributed by atoms with E-state index in [1.165, 1.54) is 7.11 Å². The highest BCUT2D eigenvalue weighted by Crippen LogP contribution is 2.33. The van der Waals surface area contributed by atoms with Crippen LogP contribution in [0.15, 0.2) is 42.5 Å². The van der Waals surface area contributed by atoms with E-state index in [1.54, 1.807) is 12.1 Å². The summed E-state index contributed by atoms with van der Waals surface area (Å²) < 4.78 is 5.10. The Morgan fingerprint density at radius 2 is 1.84 bits per heavy atom. The van der Waals surface area contributed by atoms with E-state index in [-0.39, 0.29) is 5.78 Å². The Labute approximate surface area is 121 Å². The fourth-order valence-corrected chi connectivity index (χ4v) is 2.15. The second-order valence-corrected chi connectivity index (χ2v) is 4.85. The zero-order chi connectivity index (χ0) is 13.8. The summed E-state index contributed by atoms with van der Waals surface area (Å²) >= 11 is 11.9. The van der Waals surface area contributed by atoms with Crippen LogP contribution in [0.1, 0.15) is 15.9 Å².